The Labute approximate surface area is 276 Å². The molecule has 1 amide bonds. The molecule has 0 spiro atoms. The van der Waals surface area contributed by atoms with Crippen molar-refractivity contribution in [3.63, 3.8) is 0 Å². The van der Waals surface area contributed by atoms with E-state index < -0.39 is 35.0 Å². The standard InChI is InChI=1S/C37H46N4O6/c1-5-6-12-21-41(38)37(35(45)47-36(2,3)4,23-26-17-19-29(42)20-18-26)34(44)40-32(33(43)46-25-27-13-8-7-9-14-27)22-28-24-39-31-16-11-10-15-30(28)31/h7-11,13-20,24,32,39,42H,5-6,12,21-23,25,38H2,1-4H3,(H,40,44)/t32?,37-/m0/s1. The van der Waals surface area contributed by atoms with Crippen LogP contribution in [-0.4, -0.2) is 56.7 Å². The zero-order valence-corrected chi connectivity index (χ0v) is 27.6. The number of aromatic hydroxyl groups is 1. The van der Waals surface area contributed by atoms with Crippen molar-refractivity contribution < 1.29 is 29.0 Å². The van der Waals surface area contributed by atoms with Gasteiger partial charge in [-0.3, -0.25) is 10.6 Å². The van der Waals surface area contributed by atoms with Crippen molar-refractivity contribution in [3.05, 3.63) is 102 Å². The summed E-state index contributed by atoms with van der Waals surface area (Å²) in [5.41, 5.74) is 0.0177. The number of ether oxygens (including phenoxy) is 2. The lowest BCUT2D eigenvalue weighted by Gasteiger charge is -2.40. The molecule has 10 heteroatoms. The molecular formula is C37H46N4O6. The Morgan fingerprint density at radius 1 is 0.936 bits per heavy atom. The number of hydrogen-bond donors (Lipinski definition) is 4. The van der Waals surface area contributed by atoms with Gasteiger partial charge in [-0.15, -0.1) is 0 Å². The van der Waals surface area contributed by atoms with E-state index in [0.717, 1.165) is 34.9 Å². The van der Waals surface area contributed by atoms with Crippen LogP contribution >= 0.6 is 0 Å². The van der Waals surface area contributed by atoms with Crippen molar-refractivity contribution in [2.45, 2.75) is 83.6 Å². The molecule has 0 saturated heterocycles. The molecule has 3 aromatic carbocycles. The van der Waals surface area contributed by atoms with Gasteiger partial charge in [0, 0.05) is 36.5 Å². The van der Waals surface area contributed by atoms with E-state index >= 15 is 0 Å². The number of benzene rings is 3. The van der Waals surface area contributed by atoms with Crippen LogP contribution in [0.3, 0.4) is 0 Å². The van der Waals surface area contributed by atoms with Crippen LogP contribution in [0.1, 0.15) is 63.6 Å². The monoisotopic (exact) mass is 642 g/mol. The van der Waals surface area contributed by atoms with Crippen molar-refractivity contribution in [1.82, 2.24) is 15.3 Å². The number of nitrogens with one attached hydrogen (secondary N) is 2. The van der Waals surface area contributed by atoms with Gasteiger partial charge < -0.3 is 24.9 Å². The summed E-state index contributed by atoms with van der Waals surface area (Å²) < 4.78 is 11.6. The largest absolute Gasteiger partial charge is 0.508 e. The summed E-state index contributed by atoms with van der Waals surface area (Å²) in [6.07, 6.45) is 4.07. The van der Waals surface area contributed by atoms with Gasteiger partial charge in [0.05, 0.1) is 0 Å². The molecule has 0 saturated carbocycles. The van der Waals surface area contributed by atoms with Crippen LogP contribution in [0.4, 0.5) is 0 Å². The second kappa shape index (κ2) is 15.8. The van der Waals surface area contributed by atoms with Crippen LogP contribution in [-0.2, 0) is 43.3 Å². The predicted molar refractivity (Wildman–Crippen MR) is 181 cm³/mol. The van der Waals surface area contributed by atoms with E-state index in [4.69, 9.17) is 15.3 Å². The molecule has 1 unspecified atom stereocenters. The van der Waals surface area contributed by atoms with Crippen molar-refractivity contribution in [3.8, 4) is 5.75 Å². The molecule has 0 fully saturated rings. The van der Waals surface area contributed by atoms with Gasteiger partial charge in [-0.25, -0.2) is 14.6 Å². The molecule has 0 bridgehead atoms. The number of carbonyl (C=O) groups is 3. The van der Waals surface area contributed by atoms with Gasteiger partial charge in [0.2, 0.25) is 5.54 Å². The summed E-state index contributed by atoms with van der Waals surface area (Å²) in [4.78, 5) is 46.0. The van der Waals surface area contributed by atoms with Crippen LogP contribution in [0, 0.1) is 0 Å². The molecule has 10 nitrogen and oxygen atoms in total. The Morgan fingerprint density at radius 2 is 1.62 bits per heavy atom. The van der Waals surface area contributed by atoms with Gasteiger partial charge in [-0.2, -0.15) is 0 Å². The van der Waals surface area contributed by atoms with Crippen LogP contribution in [0.15, 0.2) is 85.1 Å². The highest BCUT2D eigenvalue weighted by Crippen LogP contribution is 2.27. The predicted octanol–water partition coefficient (Wildman–Crippen LogP) is 5.33. The SMILES string of the molecule is CCCCCN(N)[C@@](Cc1ccc(O)cc1)(C(=O)NC(Cc1c[nH]c2ccccc12)C(=O)OCc1ccccc1)C(=O)OC(C)(C)C. The molecule has 4 aromatic rings. The van der Waals surface area contributed by atoms with E-state index in [1.807, 2.05) is 61.5 Å². The van der Waals surface area contributed by atoms with Crippen LogP contribution in [0.25, 0.3) is 10.9 Å². The third kappa shape index (κ3) is 9.21. The fraction of sp³-hybridized carbons (Fsp3) is 0.378. The lowest BCUT2D eigenvalue weighted by atomic mass is 9.87. The lowest BCUT2D eigenvalue weighted by molar-refractivity contribution is -0.175. The molecule has 1 heterocycles. The summed E-state index contributed by atoms with van der Waals surface area (Å²) in [5, 5.41) is 14.9. The first kappa shape index (κ1) is 35.2. The van der Waals surface area contributed by atoms with Gasteiger partial charge >= 0.3 is 11.9 Å². The Bertz CT molecular complexity index is 1630. The molecule has 0 aliphatic carbocycles. The Hall–Kier alpha value is -4.67. The molecule has 0 aliphatic rings. The Balaban J connectivity index is 1.75. The fourth-order valence-electron chi connectivity index (χ4n) is 5.41. The number of nitrogens with two attached hydrogens (primary N) is 1. The Kier molecular flexibility index (Phi) is 11.8. The van der Waals surface area contributed by atoms with Gasteiger partial charge in [0.25, 0.3) is 5.91 Å². The van der Waals surface area contributed by atoms with Gasteiger partial charge in [-0.05, 0) is 62.1 Å². The second-order valence-corrected chi connectivity index (χ2v) is 12.8. The number of esters is 2. The van der Waals surface area contributed by atoms with Gasteiger partial charge in [0.15, 0.2) is 0 Å². The van der Waals surface area contributed by atoms with E-state index in [-0.39, 0.29) is 31.7 Å². The Morgan fingerprint density at radius 3 is 2.30 bits per heavy atom. The van der Waals surface area contributed by atoms with E-state index in [0.29, 0.717) is 12.0 Å². The van der Waals surface area contributed by atoms with E-state index in [1.165, 1.54) is 17.1 Å². The third-order valence-corrected chi connectivity index (χ3v) is 7.91. The number of fused-ring (bicyclic) bond motifs is 1. The number of unbranched alkanes of at least 4 members (excludes halogenated alkanes) is 2. The summed E-state index contributed by atoms with van der Waals surface area (Å²) >= 11 is 0. The zero-order valence-electron chi connectivity index (χ0n) is 27.6. The lowest BCUT2D eigenvalue weighted by Crippen LogP contribution is -2.70. The number of phenols is 1. The van der Waals surface area contributed by atoms with Crippen LogP contribution in [0.2, 0.25) is 0 Å². The number of para-hydroxylation sites is 1. The number of phenolic OH excluding ortho intramolecular Hbond substituents is 1. The number of nitrogens with zero attached hydrogens (tertiary/aromatic N) is 1. The second-order valence-electron chi connectivity index (χ2n) is 12.8. The van der Waals surface area contributed by atoms with E-state index in [9.17, 15) is 19.5 Å². The molecule has 0 radical (unpaired) electrons. The normalized spacial score (nSPS) is 13.6. The maximum Gasteiger partial charge on any atom is 0.338 e. The smallest absolute Gasteiger partial charge is 0.338 e. The van der Waals surface area contributed by atoms with Gasteiger partial charge in [-0.1, -0.05) is 80.4 Å². The number of H-pyrrole nitrogens is 1. The molecule has 4 rings (SSSR count). The third-order valence-electron chi connectivity index (χ3n) is 7.91. The molecule has 2 atom stereocenters. The van der Waals surface area contributed by atoms with E-state index in [2.05, 4.69) is 10.3 Å². The number of rotatable bonds is 15. The van der Waals surface area contributed by atoms with Crippen LogP contribution < -0.4 is 11.2 Å². The van der Waals surface area contributed by atoms with E-state index in [1.54, 1.807) is 39.1 Å². The molecule has 1 aromatic heterocycles. The quantitative estimate of drug-likeness (QED) is 0.0447. The fourth-order valence-corrected chi connectivity index (χ4v) is 5.41. The number of carbonyl (C=O) groups excluding carboxylic acids is 3. The minimum atomic E-state index is -2.06. The highest BCUT2D eigenvalue weighted by molar-refractivity contribution is 6.09. The van der Waals surface area contributed by atoms with Crippen molar-refractivity contribution in [1.29, 1.82) is 0 Å². The highest BCUT2D eigenvalue weighted by atomic mass is 16.6. The number of amides is 1. The molecule has 250 valence electrons. The molecular weight excluding hydrogens is 596 g/mol. The van der Waals surface area contributed by atoms with Crippen molar-refractivity contribution in [2.24, 2.45) is 5.84 Å². The maximum atomic E-state index is 14.7. The minimum Gasteiger partial charge on any atom is -0.508 e. The first-order chi connectivity index (χ1) is 22.4. The van der Waals surface area contributed by atoms with Crippen molar-refractivity contribution >= 4 is 28.7 Å². The molecule has 47 heavy (non-hydrogen) atoms. The number of hydrogen-bond acceptors (Lipinski definition) is 8. The molecule has 0 aliphatic heterocycles. The highest BCUT2D eigenvalue weighted by Gasteiger charge is 2.53. The summed E-state index contributed by atoms with van der Waals surface area (Å²) in [6.45, 7) is 7.41. The zero-order chi connectivity index (χ0) is 34.0. The topological polar surface area (TPSA) is 147 Å². The average molecular weight is 643 g/mol. The number of aromatic amines is 1. The first-order valence-corrected chi connectivity index (χ1v) is 16.0. The first-order valence-electron chi connectivity index (χ1n) is 16.0. The number of hydrazine groups is 1. The minimum absolute atomic E-state index is 0.00464. The molecule has 5 N–H and O–H groups in total. The number of aromatic nitrogens is 1. The van der Waals surface area contributed by atoms with Crippen molar-refractivity contribution in [2.75, 3.05) is 6.54 Å². The summed E-state index contributed by atoms with van der Waals surface area (Å²) in [5.74, 6) is 4.42. The van der Waals surface area contributed by atoms with Crippen LogP contribution in [0.5, 0.6) is 5.75 Å². The average Bonchev–Trinajstić information content (AvgIpc) is 3.45. The maximum absolute atomic E-state index is 14.7. The summed E-state index contributed by atoms with van der Waals surface area (Å²) in [7, 11) is 0. The van der Waals surface area contributed by atoms with Gasteiger partial charge in [0.1, 0.15) is 24.0 Å². The summed E-state index contributed by atoms with van der Waals surface area (Å²) in [6, 6.07) is 21.9.